The summed E-state index contributed by atoms with van der Waals surface area (Å²) in [6, 6.07) is 6.54. The van der Waals surface area contributed by atoms with E-state index >= 15 is 0 Å². The monoisotopic (exact) mass is 224 g/mol. The second-order valence-electron chi connectivity index (χ2n) is 5.54. The van der Waals surface area contributed by atoms with Gasteiger partial charge in [-0.15, -0.1) is 0 Å². The number of alkyl halides is 1. The summed E-state index contributed by atoms with van der Waals surface area (Å²) in [6.07, 6.45) is 2.87. The lowest BCUT2D eigenvalue weighted by molar-refractivity contribution is 0.260. The minimum atomic E-state index is -0.892. The van der Waals surface area contributed by atoms with Gasteiger partial charge in [-0.3, -0.25) is 0 Å². The van der Waals surface area contributed by atoms with E-state index in [9.17, 15) is 8.78 Å². The molecule has 1 aliphatic carbocycles. The van der Waals surface area contributed by atoms with Gasteiger partial charge in [-0.1, -0.05) is 26.0 Å². The molecule has 0 amide bonds. The van der Waals surface area contributed by atoms with Crippen LogP contribution >= 0.6 is 0 Å². The van der Waals surface area contributed by atoms with Crippen molar-refractivity contribution < 1.29 is 8.78 Å². The van der Waals surface area contributed by atoms with Crippen LogP contribution in [0, 0.1) is 5.82 Å². The van der Waals surface area contributed by atoms with E-state index in [1.807, 2.05) is 0 Å². The lowest BCUT2D eigenvalue weighted by atomic mass is 9.80. The van der Waals surface area contributed by atoms with Gasteiger partial charge in [0.25, 0.3) is 0 Å². The van der Waals surface area contributed by atoms with E-state index in [-0.39, 0.29) is 11.2 Å². The van der Waals surface area contributed by atoms with Crippen LogP contribution in [0.5, 0.6) is 0 Å². The summed E-state index contributed by atoms with van der Waals surface area (Å²) >= 11 is 0. The highest BCUT2D eigenvalue weighted by atomic mass is 19.1. The fraction of sp³-hybridized carbons (Fsp3) is 0.571. The first kappa shape index (κ1) is 11.6. The molecule has 0 aromatic heterocycles. The lowest BCUT2D eigenvalue weighted by Crippen LogP contribution is -2.19. The molecule has 2 heteroatoms. The fourth-order valence-corrected chi connectivity index (χ4v) is 1.97. The number of hydrogen-bond acceptors (Lipinski definition) is 0. The van der Waals surface area contributed by atoms with Crippen molar-refractivity contribution in [3.63, 3.8) is 0 Å². The molecule has 0 aliphatic heterocycles. The predicted molar refractivity (Wildman–Crippen MR) is 61.7 cm³/mol. The molecule has 1 aliphatic rings. The van der Waals surface area contributed by atoms with Gasteiger partial charge in [0, 0.05) is 0 Å². The van der Waals surface area contributed by atoms with Crippen LogP contribution in [-0.4, -0.2) is 5.67 Å². The third-order valence-electron chi connectivity index (χ3n) is 3.62. The minimum absolute atomic E-state index is 0.0740. The van der Waals surface area contributed by atoms with Crippen molar-refractivity contribution in [1.82, 2.24) is 0 Å². The molecule has 1 fully saturated rings. The third-order valence-corrected chi connectivity index (χ3v) is 3.62. The van der Waals surface area contributed by atoms with Gasteiger partial charge < -0.3 is 0 Å². The topological polar surface area (TPSA) is 0 Å². The molecule has 16 heavy (non-hydrogen) atoms. The van der Waals surface area contributed by atoms with E-state index in [1.54, 1.807) is 12.1 Å². The molecule has 0 saturated heterocycles. The van der Waals surface area contributed by atoms with Crippen LogP contribution in [0.2, 0.25) is 0 Å². The van der Waals surface area contributed by atoms with Crippen molar-refractivity contribution in [2.45, 2.75) is 50.6 Å². The number of hydrogen-bond donors (Lipinski definition) is 0. The highest BCUT2D eigenvalue weighted by Gasteiger charge is 2.43. The third kappa shape index (κ3) is 2.60. The molecule has 0 unspecified atom stereocenters. The molecule has 0 heterocycles. The Kier molecular flexibility index (Phi) is 2.77. The van der Waals surface area contributed by atoms with E-state index in [4.69, 9.17) is 0 Å². The second kappa shape index (κ2) is 3.83. The van der Waals surface area contributed by atoms with Crippen molar-refractivity contribution >= 4 is 0 Å². The van der Waals surface area contributed by atoms with Gasteiger partial charge in [-0.2, -0.15) is 0 Å². The largest absolute Gasteiger partial charge is 0.244 e. The molecule has 0 bridgehead atoms. The molecule has 0 N–H and O–H groups in total. The Morgan fingerprint density at radius 2 is 1.75 bits per heavy atom. The van der Waals surface area contributed by atoms with Gasteiger partial charge in [0.2, 0.25) is 0 Å². The number of rotatable bonds is 4. The second-order valence-corrected chi connectivity index (χ2v) is 5.54. The molecule has 0 radical (unpaired) electrons. The summed E-state index contributed by atoms with van der Waals surface area (Å²) in [6.45, 7) is 4.18. The maximum atomic E-state index is 13.6. The van der Waals surface area contributed by atoms with Crippen LogP contribution < -0.4 is 0 Å². The lowest BCUT2D eigenvalue weighted by Gasteiger charge is -2.26. The zero-order valence-electron chi connectivity index (χ0n) is 9.89. The quantitative estimate of drug-likeness (QED) is 0.711. The van der Waals surface area contributed by atoms with Gasteiger partial charge in [0.1, 0.15) is 11.5 Å². The summed E-state index contributed by atoms with van der Waals surface area (Å²) in [4.78, 5) is 0. The van der Waals surface area contributed by atoms with Crippen LogP contribution in [0.15, 0.2) is 24.3 Å². The van der Waals surface area contributed by atoms with Gasteiger partial charge in [0.15, 0.2) is 0 Å². The summed E-state index contributed by atoms with van der Waals surface area (Å²) in [5.74, 6) is -0.219. The molecule has 1 aromatic rings. The average molecular weight is 224 g/mol. The highest BCUT2D eigenvalue weighted by Crippen LogP contribution is 2.46. The fourth-order valence-electron chi connectivity index (χ4n) is 1.97. The predicted octanol–water partition coefficient (Wildman–Crippen LogP) is 4.39. The molecule has 88 valence electrons. The van der Waals surface area contributed by atoms with E-state index in [1.165, 1.54) is 12.1 Å². The summed E-state index contributed by atoms with van der Waals surface area (Å²) < 4.78 is 26.4. The molecule has 2 rings (SSSR count). The first-order valence-electron chi connectivity index (χ1n) is 5.86. The van der Waals surface area contributed by atoms with Gasteiger partial charge in [0.05, 0.1) is 0 Å². The Bertz CT molecular complexity index is 361. The van der Waals surface area contributed by atoms with E-state index in [0.717, 1.165) is 12.0 Å². The first-order chi connectivity index (χ1) is 7.41. The van der Waals surface area contributed by atoms with Crippen molar-refractivity contribution in [1.29, 1.82) is 0 Å². The maximum absolute atomic E-state index is 13.6. The average Bonchev–Trinajstić information content (AvgIpc) is 2.96. The Labute approximate surface area is 95.7 Å². The zero-order valence-corrected chi connectivity index (χ0v) is 9.89. The van der Waals surface area contributed by atoms with E-state index in [2.05, 4.69) is 13.8 Å². The van der Waals surface area contributed by atoms with Crippen molar-refractivity contribution in [2.75, 3.05) is 0 Å². The van der Waals surface area contributed by atoms with Crippen LogP contribution in [0.3, 0.4) is 0 Å². The summed E-state index contributed by atoms with van der Waals surface area (Å²) in [7, 11) is 0. The number of benzene rings is 1. The number of halogens is 2. The Morgan fingerprint density at radius 1 is 1.19 bits per heavy atom. The molecular weight excluding hydrogens is 206 g/mol. The van der Waals surface area contributed by atoms with Gasteiger partial charge in [-0.25, -0.2) is 8.78 Å². The van der Waals surface area contributed by atoms with Crippen LogP contribution in [0.4, 0.5) is 8.78 Å². The Balaban J connectivity index is 2.02. The molecule has 0 nitrogen and oxygen atoms in total. The van der Waals surface area contributed by atoms with Crippen molar-refractivity contribution in [3.8, 4) is 0 Å². The standard InChI is InChI=1S/C14H18F2/c1-13(2,7-8-14(16)9-10-14)11-3-5-12(15)6-4-11/h3-6H,7-10H2,1-2H3. The van der Waals surface area contributed by atoms with Crippen molar-refractivity contribution in [3.05, 3.63) is 35.6 Å². The van der Waals surface area contributed by atoms with Crippen LogP contribution in [0.25, 0.3) is 0 Å². The smallest absolute Gasteiger partial charge is 0.123 e. The summed E-state index contributed by atoms with van der Waals surface area (Å²) in [5.41, 5.74) is 0.116. The molecular formula is C14H18F2. The molecule has 1 saturated carbocycles. The molecule has 0 atom stereocenters. The van der Waals surface area contributed by atoms with Crippen LogP contribution in [-0.2, 0) is 5.41 Å². The highest BCUT2D eigenvalue weighted by molar-refractivity contribution is 5.24. The van der Waals surface area contributed by atoms with E-state index in [0.29, 0.717) is 19.3 Å². The molecule has 1 aromatic carbocycles. The van der Waals surface area contributed by atoms with Crippen molar-refractivity contribution in [2.24, 2.45) is 0 Å². The zero-order chi connectivity index (χ0) is 11.8. The van der Waals surface area contributed by atoms with Crippen LogP contribution in [0.1, 0.15) is 45.1 Å². The minimum Gasteiger partial charge on any atom is -0.244 e. The van der Waals surface area contributed by atoms with Gasteiger partial charge >= 0.3 is 0 Å². The Hall–Kier alpha value is -0.920. The summed E-state index contributed by atoms with van der Waals surface area (Å²) in [5, 5.41) is 0. The normalized spacial score (nSPS) is 18.5. The van der Waals surface area contributed by atoms with Gasteiger partial charge in [-0.05, 0) is 48.8 Å². The van der Waals surface area contributed by atoms with E-state index < -0.39 is 5.67 Å². The molecule has 0 spiro atoms. The Morgan fingerprint density at radius 3 is 2.25 bits per heavy atom. The SMILES string of the molecule is CC(C)(CCC1(F)CC1)c1ccc(F)cc1. The first-order valence-corrected chi connectivity index (χ1v) is 5.86. The maximum Gasteiger partial charge on any atom is 0.123 e.